The molecule has 28 heavy (non-hydrogen) atoms. The molecule has 1 aromatic carbocycles. The van der Waals surface area contributed by atoms with E-state index in [9.17, 15) is 18.0 Å². The number of likely N-dealkylation sites (tertiary alicyclic amines) is 1. The van der Waals surface area contributed by atoms with E-state index in [1.165, 1.54) is 12.1 Å². The summed E-state index contributed by atoms with van der Waals surface area (Å²) < 4.78 is 41.7. The fourth-order valence-electron chi connectivity index (χ4n) is 3.65. The standard InChI is InChI=1S/C19H16ClF3N4O/c20-13-4-5-15(19(21,22)23)14(11-13)12-6-9-26(10-7-12)18(28)17-25-24-16-3-1-2-8-27(16)17/h1-5,8,11-12H,6-7,9-10H2. The fraction of sp³-hybridized carbons (Fsp3) is 0.316. The van der Waals surface area contributed by atoms with Crippen LogP contribution in [0, 0.1) is 0 Å². The number of halogens is 4. The molecule has 0 spiro atoms. The maximum absolute atomic E-state index is 13.3. The van der Waals surface area contributed by atoms with E-state index < -0.39 is 11.7 Å². The van der Waals surface area contributed by atoms with Crippen LogP contribution in [-0.2, 0) is 6.18 Å². The predicted molar refractivity (Wildman–Crippen MR) is 97.3 cm³/mol. The van der Waals surface area contributed by atoms with Crippen molar-refractivity contribution in [2.24, 2.45) is 0 Å². The van der Waals surface area contributed by atoms with Gasteiger partial charge in [-0.1, -0.05) is 17.7 Å². The van der Waals surface area contributed by atoms with Gasteiger partial charge in [0.05, 0.1) is 5.56 Å². The molecule has 0 N–H and O–H groups in total. The van der Waals surface area contributed by atoms with Gasteiger partial charge >= 0.3 is 6.18 Å². The van der Waals surface area contributed by atoms with Crippen LogP contribution in [0.15, 0.2) is 42.6 Å². The molecule has 0 saturated carbocycles. The smallest absolute Gasteiger partial charge is 0.336 e. The van der Waals surface area contributed by atoms with Gasteiger partial charge in [0.1, 0.15) is 0 Å². The number of hydrogen-bond donors (Lipinski definition) is 0. The van der Waals surface area contributed by atoms with Crippen LogP contribution in [-0.4, -0.2) is 38.5 Å². The maximum Gasteiger partial charge on any atom is 0.416 e. The number of rotatable bonds is 2. The van der Waals surface area contributed by atoms with Gasteiger partial charge in [-0.05, 0) is 54.7 Å². The number of carbonyl (C=O) groups is 1. The van der Waals surface area contributed by atoms with Crippen molar-refractivity contribution in [3.8, 4) is 0 Å². The van der Waals surface area contributed by atoms with Crippen molar-refractivity contribution >= 4 is 23.2 Å². The van der Waals surface area contributed by atoms with Crippen LogP contribution in [0.3, 0.4) is 0 Å². The Morgan fingerprint density at radius 2 is 1.86 bits per heavy atom. The van der Waals surface area contributed by atoms with Gasteiger partial charge in [0, 0.05) is 24.3 Å². The van der Waals surface area contributed by atoms with Crippen LogP contribution in [0.2, 0.25) is 5.02 Å². The SMILES string of the molecule is O=C(c1nnc2ccccn12)N1CCC(c2cc(Cl)ccc2C(F)(F)F)CC1. The van der Waals surface area contributed by atoms with Crippen molar-refractivity contribution < 1.29 is 18.0 Å². The molecule has 5 nitrogen and oxygen atoms in total. The van der Waals surface area contributed by atoms with Crippen molar-refractivity contribution in [3.05, 3.63) is 64.6 Å². The zero-order valence-corrected chi connectivity index (χ0v) is 15.4. The molecule has 3 heterocycles. The summed E-state index contributed by atoms with van der Waals surface area (Å²) in [5.41, 5.74) is 0.0969. The lowest BCUT2D eigenvalue weighted by Gasteiger charge is -2.33. The molecule has 2 aromatic heterocycles. The molecule has 9 heteroatoms. The van der Waals surface area contributed by atoms with E-state index in [1.807, 2.05) is 0 Å². The summed E-state index contributed by atoms with van der Waals surface area (Å²) in [6.07, 6.45) is -1.89. The van der Waals surface area contributed by atoms with Crippen molar-refractivity contribution in [1.82, 2.24) is 19.5 Å². The van der Waals surface area contributed by atoms with Gasteiger partial charge < -0.3 is 4.90 Å². The third-order valence-corrected chi connectivity index (χ3v) is 5.28. The number of amides is 1. The molecule has 0 unspecified atom stereocenters. The van der Waals surface area contributed by atoms with Crippen LogP contribution in [0.1, 0.15) is 40.5 Å². The largest absolute Gasteiger partial charge is 0.416 e. The lowest BCUT2D eigenvalue weighted by atomic mass is 9.86. The van der Waals surface area contributed by atoms with Gasteiger partial charge in [0.2, 0.25) is 5.82 Å². The van der Waals surface area contributed by atoms with Gasteiger partial charge in [-0.2, -0.15) is 13.2 Å². The predicted octanol–water partition coefficient (Wildman–Crippen LogP) is 4.42. The van der Waals surface area contributed by atoms with Crippen LogP contribution in [0.5, 0.6) is 0 Å². The third-order valence-electron chi connectivity index (χ3n) is 5.05. The van der Waals surface area contributed by atoms with E-state index in [1.54, 1.807) is 33.7 Å². The Kier molecular flexibility index (Phi) is 4.74. The van der Waals surface area contributed by atoms with Gasteiger partial charge in [0.15, 0.2) is 5.65 Å². The van der Waals surface area contributed by atoms with E-state index in [0.717, 1.165) is 6.07 Å². The first kappa shape index (κ1) is 18.7. The monoisotopic (exact) mass is 408 g/mol. The molecule has 0 radical (unpaired) electrons. The average molecular weight is 409 g/mol. The normalized spacial score (nSPS) is 15.9. The van der Waals surface area contributed by atoms with Gasteiger partial charge in [-0.25, -0.2) is 0 Å². The van der Waals surface area contributed by atoms with E-state index in [-0.39, 0.29) is 28.2 Å². The minimum atomic E-state index is -4.44. The number of pyridine rings is 1. The summed E-state index contributed by atoms with van der Waals surface area (Å²) in [6.45, 7) is 0.685. The number of aromatic nitrogens is 3. The van der Waals surface area contributed by atoms with E-state index in [2.05, 4.69) is 10.2 Å². The topological polar surface area (TPSA) is 50.5 Å². The molecule has 4 rings (SSSR count). The number of nitrogens with zero attached hydrogens (tertiary/aromatic N) is 4. The average Bonchev–Trinajstić information content (AvgIpc) is 3.10. The first-order valence-electron chi connectivity index (χ1n) is 8.80. The first-order valence-corrected chi connectivity index (χ1v) is 9.18. The van der Waals surface area contributed by atoms with E-state index >= 15 is 0 Å². The number of piperidine rings is 1. The summed E-state index contributed by atoms with van der Waals surface area (Å²) in [5.74, 6) is -0.387. The number of alkyl halides is 3. The number of carbonyl (C=O) groups excluding carboxylic acids is 1. The number of benzene rings is 1. The van der Waals surface area contributed by atoms with Crippen LogP contribution in [0.25, 0.3) is 5.65 Å². The number of fused-ring (bicyclic) bond motifs is 1. The first-order chi connectivity index (χ1) is 13.3. The Labute approximate surface area is 163 Å². The van der Waals surface area contributed by atoms with Gasteiger partial charge in [-0.3, -0.25) is 9.20 Å². The molecule has 0 atom stereocenters. The van der Waals surface area contributed by atoms with Crippen molar-refractivity contribution in [1.29, 1.82) is 0 Å². The lowest BCUT2D eigenvalue weighted by Crippen LogP contribution is -2.39. The highest BCUT2D eigenvalue weighted by atomic mass is 35.5. The molecule has 1 aliphatic heterocycles. The van der Waals surface area contributed by atoms with Crippen LogP contribution in [0.4, 0.5) is 13.2 Å². The van der Waals surface area contributed by atoms with Gasteiger partial charge in [-0.15, -0.1) is 10.2 Å². The summed E-state index contributed by atoms with van der Waals surface area (Å²) in [5, 5.41) is 8.21. The minimum Gasteiger partial charge on any atom is -0.336 e. The summed E-state index contributed by atoms with van der Waals surface area (Å²) >= 11 is 5.94. The second-order valence-corrected chi connectivity index (χ2v) is 7.18. The molecule has 1 aliphatic rings. The molecule has 1 fully saturated rings. The van der Waals surface area contributed by atoms with Crippen LogP contribution < -0.4 is 0 Å². The van der Waals surface area contributed by atoms with Crippen molar-refractivity contribution in [2.75, 3.05) is 13.1 Å². The Hall–Kier alpha value is -2.61. The summed E-state index contributed by atoms with van der Waals surface area (Å²) in [4.78, 5) is 14.4. The Morgan fingerprint density at radius 3 is 2.57 bits per heavy atom. The molecular formula is C19H16ClF3N4O. The molecule has 0 aliphatic carbocycles. The molecule has 0 bridgehead atoms. The zero-order valence-electron chi connectivity index (χ0n) is 14.7. The van der Waals surface area contributed by atoms with Crippen LogP contribution >= 0.6 is 11.6 Å². The van der Waals surface area contributed by atoms with Crippen molar-refractivity contribution in [2.45, 2.75) is 24.9 Å². The lowest BCUT2D eigenvalue weighted by molar-refractivity contribution is -0.138. The molecule has 146 valence electrons. The Balaban J connectivity index is 1.53. The van der Waals surface area contributed by atoms with Gasteiger partial charge in [0.25, 0.3) is 5.91 Å². The quantitative estimate of drug-likeness (QED) is 0.630. The molecular weight excluding hydrogens is 393 g/mol. The summed E-state index contributed by atoms with van der Waals surface area (Å²) in [7, 11) is 0. The molecule has 3 aromatic rings. The fourth-order valence-corrected chi connectivity index (χ4v) is 3.83. The van der Waals surface area contributed by atoms with E-state index in [4.69, 9.17) is 11.6 Å². The Morgan fingerprint density at radius 1 is 1.11 bits per heavy atom. The molecule has 1 saturated heterocycles. The second kappa shape index (κ2) is 7.09. The highest BCUT2D eigenvalue weighted by Gasteiger charge is 2.36. The molecule has 1 amide bonds. The highest BCUT2D eigenvalue weighted by Crippen LogP contribution is 2.40. The summed E-state index contributed by atoms with van der Waals surface area (Å²) in [6, 6.07) is 8.98. The Bertz CT molecular complexity index is 1030. The van der Waals surface area contributed by atoms with Crippen molar-refractivity contribution in [3.63, 3.8) is 0 Å². The minimum absolute atomic E-state index is 0.194. The maximum atomic E-state index is 13.3. The number of hydrogen-bond acceptors (Lipinski definition) is 3. The van der Waals surface area contributed by atoms with E-state index in [0.29, 0.717) is 31.6 Å². The zero-order chi connectivity index (χ0) is 19.9. The second-order valence-electron chi connectivity index (χ2n) is 6.75. The highest BCUT2D eigenvalue weighted by molar-refractivity contribution is 6.30. The third kappa shape index (κ3) is 3.44.